The Balaban J connectivity index is 1.20. The summed E-state index contributed by atoms with van der Waals surface area (Å²) >= 11 is 3.02. The number of aromatic nitrogens is 4. The van der Waals surface area contributed by atoms with Crippen LogP contribution in [0.15, 0.2) is 60.7 Å². The van der Waals surface area contributed by atoms with Crippen LogP contribution in [0.5, 0.6) is 0 Å². The first-order valence-electron chi connectivity index (χ1n) is 14.1. The van der Waals surface area contributed by atoms with Crippen molar-refractivity contribution < 1.29 is 14.3 Å². The molecular formula is C31H31N7O3S2. The molecule has 1 aliphatic rings. The minimum Gasteiger partial charge on any atom is -0.461 e. The van der Waals surface area contributed by atoms with Crippen LogP contribution in [0.1, 0.15) is 57.0 Å². The van der Waals surface area contributed by atoms with Gasteiger partial charge in [-0.25, -0.2) is 14.8 Å². The number of aryl methyl sites for hydroxylation is 1. The molecule has 1 N–H and O–H groups in total. The maximum absolute atomic E-state index is 13.0. The Morgan fingerprint density at radius 3 is 2.49 bits per heavy atom. The predicted octanol–water partition coefficient (Wildman–Crippen LogP) is 6.56. The number of hydrogen-bond acceptors (Lipinski definition) is 11. The summed E-state index contributed by atoms with van der Waals surface area (Å²) in [4.78, 5) is 39.9. The number of nitrogens with zero attached hydrogens (tertiary/aromatic N) is 6. The molecule has 0 radical (unpaired) electrons. The number of anilines is 4. The first-order chi connectivity index (χ1) is 20.9. The summed E-state index contributed by atoms with van der Waals surface area (Å²) in [6, 6.07) is 19.2. The lowest BCUT2D eigenvalue weighted by Crippen LogP contribution is -2.38. The number of fused-ring (bicyclic) bond motifs is 1. The highest BCUT2D eigenvalue weighted by Gasteiger charge is 2.31. The molecule has 3 aromatic heterocycles. The third-order valence-corrected chi connectivity index (χ3v) is 9.65. The van der Waals surface area contributed by atoms with Crippen molar-refractivity contribution in [3.63, 3.8) is 0 Å². The Labute approximate surface area is 257 Å². The summed E-state index contributed by atoms with van der Waals surface area (Å²) in [6.45, 7) is 5.23. The zero-order chi connectivity index (χ0) is 29.9. The summed E-state index contributed by atoms with van der Waals surface area (Å²) in [6.07, 6.45) is 1.47. The second kappa shape index (κ2) is 12.4. The summed E-state index contributed by atoms with van der Waals surface area (Å²) in [5, 5.41) is 13.6. The normalized spacial score (nSPS) is 13.7. The number of benzene rings is 2. The number of thiazole rings is 2. The monoisotopic (exact) mass is 613 g/mol. The van der Waals surface area contributed by atoms with Gasteiger partial charge in [0.2, 0.25) is 0 Å². The van der Waals surface area contributed by atoms with E-state index in [9.17, 15) is 9.59 Å². The largest absolute Gasteiger partial charge is 0.461 e. The fourth-order valence-electron chi connectivity index (χ4n) is 5.08. The van der Waals surface area contributed by atoms with E-state index in [1.54, 1.807) is 18.3 Å². The molecule has 220 valence electrons. The van der Waals surface area contributed by atoms with Crippen molar-refractivity contribution in [3.8, 4) is 0 Å². The second-order valence-corrected chi connectivity index (χ2v) is 12.3. The van der Waals surface area contributed by atoms with Crippen LogP contribution in [0.3, 0.4) is 0 Å². The quantitative estimate of drug-likeness (QED) is 0.194. The van der Waals surface area contributed by atoms with E-state index in [2.05, 4.69) is 20.5 Å². The van der Waals surface area contributed by atoms with Crippen molar-refractivity contribution in [1.82, 2.24) is 25.1 Å². The summed E-state index contributed by atoms with van der Waals surface area (Å²) in [5.74, 6) is 0.914. The molecule has 0 bridgehead atoms. The lowest BCUT2D eigenvalue weighted by molar-refractivity contribution is 0.0516. The summed E-state index contributed by atoms with van der Waals surface area (Å²) in [5.41, 5.74) is 2.85. The maximum atomic E-state index is 13.0. The van der Waals surface area contributed by atoms with Crippen molar-refractivity contribution in [2.45, 2.75) is 32.6 Å². The lowest BCUT2D eigenvalue weighted by atomic mass is 9.93. The highest BCUT2D eigenvalue weighted by molar-refractivity contribution is 7.22. The van der Waals surface area contributed by atoms with Crippen LogP contribution in [0, 0.1) is 6.92 Å². The smallest absolute Gasteiger partial charge is 0.358 e. The van der Waals surface area contributed by atoms with Crippen LogP contribution in [0.25, 0.3) is 10.2 Å². The molecule has 1 fully saturated rings. The molecule has 0 saturated carbocycles. The van der Waals surface area contributed by atoms with Gasteiger partial charge in [0.25, 0.3) is 5.91 Å². The van der Waals surface area contributed by atoms with Crippen LogP contribution in [0.4, 0.5) is 21.9 Å². The molecule has 0 spiro atoms. The van der Waals surface area contributed by atoms with E-state index in [-0.39, 0.29) is 18.4 Å². The lowest BCUT2D eigenvalue weighted by Gasteiger charge is -2.31. The van der Waals surface area contributed by atoms with E-state index >= 15 is 0 Å². The van der Waals surface area contributed by atoms with Crippen LogP contribution >= 0.6 is 22.7 Å². The van der Waals surface area contributed by atoms with Gasteiger partial charge < -0.3 is 19.9 Å². The molecule has 0 atom stereocenters. The van der Waals surface area contributed by atoms with Crippen molar-refractivity contribution in [2.24, 2.45) is 0 Å². The van der Waals surface area contributed by atoms with Crippen molar-refractivity contribution >= 4 is 66.7 Å². The van der Waals surface area contributed by atoms with Gasteiger partial charge in [0.1, 0.15) is 0 Å². The van der Waals surface area contributed by atoms with E-state index in [0.29, 0.717) is 41.1 Å². The average molecular weight is 614 g/mol. The maximum Gasteiger partial charge on any atom is 0.358 e. The number of carbonyl (C=O) groups excluding carboxylic acids is 2. The Hall–Kier alpha value is -4.42. The van der Waals surface area contributed by atoms with E-state index in [1.807, 2.05) is 84.4 Å². The molecule has 6 rings (SSSR count). The van der Waals surface area contributed by atoms with Crippen LogP contribution < -0.4 is 10.2 Å². The SMILES string of the molecule is CCOC(=O)c1nc(N(C)c2cc(C)c(Nc3nc4ccccc4s3)nn2)sc1C1CCN(C(=O)c2ccccc2)CC1. The fourth-order valence-corrected chi connectivity index (χ4v) is 7.13. The van der Waals surface area contributed by atoms with Gasteiger partial charge in [-0.2, -0.15) is 0 Å². The molecule has 2 aromatic carbocycles. The number of likely N-dealkylation sites (tertiary alicyclic amines) is 1. The highest BCUT2D eigenvalue weighted by atomic mass is 32.1. The molecule has 0 aliphatic carbocycles. The van der Waals surface area contributed by atoms with Gasteiger partial charge in [-0.05, 0) is 68.5 Å². The van der Waals surface area contributed by atoms with Gasteiger partial charge in [-0.3, -0.25) is 4.79 Å². The van der Waals surface area contributed by atoms with Crippen molar-refractivity contribution in [3.05, 3.63) is 82.4 Å². The first-order valence-corrected chi connectivity index (χ1v) is 15.8. The Morgan fingerprint density at radius 2 is 1.77 bits per heavy atom. The van der Waals surface area contributed by atoms with Gasteiger partial charge in [0.05, 0.1) is 16.8 Å². The molecule has 12 heteroatoms. The fraction of sp³-hybridized carbons (Fsp3) is 0.290. The van der Waals surface area contributed by atoms with E-state index in [1.165, 1.54) is 11.3 Å². The number of rotatable bonds is 8. The molecule has 1 aliphatic heterocycles. The van der Waals surface area contributed by atoms with Crippen LogP contribution in [0.2, 0.25) is 0 Å². The zero-order valence-corrected chi connectivity index (χ0v) is 25.7. The molecule has 5 aromatic rings. The topological polar surface area (TPSA) is 113 Å². The third kappa shape index (κ3) is 6.06. The van der Waals surface area contributed by atoms with Gasteiger partial charge in [0, 0.05) is 30.6 Å². The molecule has 43 heavy (non-hydrogen) atoms. The third-order valence-electron chi connectivity index (χ3n) is 7.41. The molecule has 0 unspecified atom stereocenters. The first kappa shape index (κ1) is 28.7. The van der Waals surface area contributed by atoms with Gasteiger partial charge >= 0.3 is 5.97 Å². The molecule has 1 amide bonds. The number of nitrogens with one attached hydrogen (secondary N) is 1. The van der Waals surface area contributed by atoms with E-state index < -0.39 is 5.97 Å². The predicted molar refractivity (Wildman–Crippen MR) is 170 cm³/mol. The minimum atomic E-state index is -0.436. The van der Waals surface area contributed by atoms with Crippen LogP contribution in [-0.4, -0.2) is 63.7 Å². The van der Waals surface area contributed by atoms with E-state index in [4.69, 9.17) is 9.72 Å². The molecule has 4 heterocycles. The van der Waals surface area contributed by atoms with E-state index in [0.717, 1.165) is 38.6 Å². The van der Waals surface area contributed by atoms with Crippen molar-refractivity contribution in [1.29, 1.82) is 0 Å². The Morgan fingerprint density at radius 1 is 1.02 bits per heavy atom. The molecular weight excluding hydrogens is 583 g/mol. The number of piperidine rings is 1. The Bertz CT molecular complexity index is 1730. The standard InChI is InChI=1S/C31H31N7O3S2/c1-4-41-29(40)25-26(20-14-16-38(17-15-20)28(39)21-10-6-5-7-11-21)43-31(33-25)37(3)24-18-19(2)27(36-35-24)34-30-32-22-12-8-9-13-23(22)42-30/h5-13,18,20H,4,14-17H2,1-3H3,(H,32,34,36). The summed E-state index contributed by atoms with van der Waals surface area (Å²) in [7, 11) is 1.86. The summed E-state index contributed by atoms with van der Waals surface area (Å²) < 4.78 is 6.46. The molecule has 10 nitrogen and oxygen atoms in total. The number of hydrogen-bond donors (Lipinski definition) is 1. The number of amides is 1. The zero-order valence-electron chi connectivity index (χ0n) is 24.1. The van der Waals surface area contributed by atoms with Crippen LogP contribution in [-0.2, 0) is 4.74 Å². The number of carbonyl (C=O) groups is 2. The highest BCUT2D eigenvalue weighted by Crippen LogP contribution is 2.39. The van der Waals surface area contributed by atoms with Gasteiger partial charge in [-0.1, -0.05) is 41.7 Å². The van der Waals surface area contributed by atoms with Gasteiger partial charge in [0.15, 0.2) is 27.6 Å². The number of ether oxygens (including phenoxy) is 1. The number of para-hydroxylation sites is 1. The average Bonchev–Trinajstić information content (AvgIpc) is 3.67. The minimum absolute atomic E-state index is 0.0319. The molecule has 1 saturated heterocycles. The van der Waals surface area contributed by atoms with Gasteiger partial charge in [-0.15, -0.1) is 21.5 Å². The Kier molecular flexibility index (Phi) is 8.30. The van der Waals surface area contributed by atoms with Crippen molar-refractivity contribution in [2.75, 3.05) is 37.0 Å². The number of esters is 1. The second-order valence-electron chi connectivity index (χ2n) is 10.3.